The van der Waals surface area contributed by atoms with Gasteiger partial charge >= 0.3 is 6.03 Å². The Morgan fingerprint density at radius 3 is 2.25 bits per heavy atom. The van der Waals surface area contributed by atoms with Crippen molar-refractivity contribution in [2.45, 2.75) is 45.0 Å². The number of anilines is 2. The van der Waals surface area contributed by atoms with Crippen LogP contribution in [0.15, 0.2) is 72.8 Å². The number of nitrogens with one attached hydrogen (secondary N) is 3. The minimum absolute atomic E-state index is 0.0335. The van der Waals surface area contributed by atoms with Crippen LogP contribution in [0.2, 0.25) is 0 Å². The summed E-state index contributed by atoms with van der Waals surface area (Å²) in [6, 6.07) is 21.3. The second-order valence-electron chi connectivity index (χ2n) is 9.49. The fourth-order valence-electron chi connectivity index (χ4n) is 4.01. The van der Waals surface area contributed by atoms with Crippen LogP contribution in [0.1, 0.15) is 48.5 Å². The molecule has 216 valence electrons. The van der Waals surface area contributed by atoms with Crippen molar-refractivity contribution in [2.75, 3.05) is 43.5 Å². The van der Waals surface area contributed by atoms with Gasteiger partial charge in [0.1, 0.15) is 5.75 Å². The lowest BCUT2D eigenvalue weighted by molar-refractivity contribution is 0.0393. The van der Waals surface area contributed by atoms with Crippen LogP contribution in [0.5, 0.6) is 5.75 Å². The van der Waals surface area contributed by atoms with Crippen molar-refractivity contribution in [2.24, 2.45) is 0 Å². The highest BCUT2D eigenvalue weighted by atomic mass is 16.5. The lowest BCUT2D eigenvalue weighted by Crippen LogP contribution is -2.22. The Balaban J connectivity index is 1.13. The fraction of sp³-hybridized carbons (Fsp3) is 0.387. The average Bonchev–Trinajstić information content (AvgIpc) is 2.97. The van der Waals surface area contributed by atoms with Gasteiger partial charge in [0.2, 0.25) is 0 Å². The number of benzene rings is 3. The van der Waals surface area contributed by atoms with Gasteiger partial charge < -0.3 is 40.7 Å². The number of aromatic hydroxyl groups is 1. The lowest BCUT2D eigenvalue weighted by atomic mass is 10.1. The van der Waals surface area contributed by atoms with Gasteiger partial charge in [0.25, 0.3) is 0 Å². The molecule has 1 atom stereocenters. The van der Waals surface area contributed by atoms with Gasteiger partial charge in [-0.05, 0) is 66.9 Å². The molecule has 0 bridgehead atoms. The van der Waals surface area contributed by atoms with Crippen molar-refractivity contribution in [1.29, 1.82) is 0 Å². The lowest BCUT2D eigenvalue weighted by Gasteiger charge is -2.14. The van der Waals surface area contributed by atoms with Gasteiger partial charge in [-0.25, -0.2) is 4.79 Å². The molecule has 0 aliphatic heterocycles. The first kappa shape index (κ1) is 31.1. The highest BCUT2D eigenvalue weighted by Crippen LogP contribution is 2.22. The number of carbonyl (C=O) groups excluding carboxylic acids is 1. The van der Waals surface area contributed by atoms with Gasteiger partial charge in [0.05, 0.1) is 32.5 Å². The molecule has 0 spiro atoms. The van der Waals surface area contributed by atoms with Crippen molar-refractivity contribution in [1.82, 2.24) is 5.32 Å². The van der Waals surface area contributed by atoms with Crippen molar-refractivity contribution >= 4 is 17.4 Å². The maximum absolute atomic E-state index is 12.1. The molecular weight excluding hydrogens is 510 g/mol. The third-order valence-electron chi connectivity index (χ3n) is 6.27. The molecule has 0 unspecified atom stereocenters. The molecule has 0 saturated carbocycles. The van der Waals surface area contributed by atoms with E-state index in [1.807, 2.05) is 54.6 Å². The summed E-state index contributed by atoms with van der Waals surface area (Å²) in [7, 11) is 0. The first-order valence-corrected chi connectivity index (χ1v) is 13.7. The number of ether oxygens (including phenoxy) is 2. The summed E-state index contributed by atoms with van der Waals surface area (Å²) in [5.41, 5.74) is 3.55. The molecule has 3 aromatic carbocycles. The summed E-state index contributed by atoms with van der Waals surface area (Å²) in [5, 5.41) is 38.0. The van der Waals surface area contributed by atoms with Gasteiger partial charge in [-0.15, -0.1) is 0 Å². The first-order chi connectivity index (χ1) is 19.5. The van der Waals surface area contributed by atoms with E-state index in [1.165, 1.54) is 6.07 Å². The predicted molar refractivity (Wildman–Crippen MR) is 156 cm³/mol. The van der Waals surface area contributed by atoms with Crippen LogP contribution in [-0.2, 0) is 22.7 Å². The minimum Gasteiger partial charge on any atom is -0.508 e. The van der Waals surface area contributed by atoms with Crippen LogP contribution < -0.4 is 16.0 Å². The van der Waals surface area contributed by atoms with Crippen molar-refractivity contribution < 1.29 is 29.6 Å². The van der Waals surface area contributed by atoms with Crippen LogP contribution >= 0.6 is 0 Å². The first-order valence-electron chi connectivity index (χ1n) is 13.7. The number of aliphatic hydroxyl groups excluding tert-OH is 2. The molecule has 2 amide bonds. The summed E-state index contributed by atoms with van der Waals surface area (Å²) < 4.78 is 11.3. The van der Waals surface area contributed by atoms with E-state index < -0.39 is 6.10 Å². The van der Waals surface area contributed by atoms with E-state index in [-0.39, 0.29) is 18.4 Å². The number of hydrogen-bond donors (Lipinski definition) is 6. The van der Waals surface area contributed by atoms with E-state index in [2.05, 4.69) is 16.0 Å². The Morgan fingerprint density at radius 2 is 1.50 bits per heavy atom. The summed E-state index contributed by atoms with van der Waals surface area (Å²) >= 11 is 0. The van der Waals surface area contributed by atoms with Crippen LogP contribution in [-0.4, -0.2) is 54.3 Å². The van der Waals surface area contributed by atoms with E-state index in [9.17, 15) is 20.1 Å². The van der Waals surface area contributed by atoms with E-state index in [4.69, 9.17) is 9.47 Å². The molecule has 3 aromatic rings. The number of carbonyl (C=O) groups is 1. The molecule has 0 radical (unpaired) electrons. The number of phenols is 1. The van der Waals surface area contributed by atoms with Crippen molar-refractivity contribution in [3.8, 4) is 5.75 Å². The molecule has 0 aliphatic rings. The van der Waals surface area contributed by atoms with Gasteiger partial charge in [-0.2, -0.15) is 0 Å². The third kappa shape index (κ3) is 11.7. The summed E-state index contributed by atoms with van der Waals surface area (Å²) in [4.78, 5) is 12.1. The van der Waals surface area contributed by atoms with E-state index in [0.717, 1.165) is 43.5 Å². The number of urea groups is 1. The summed E-state index contributed by atoms with van der Waals surface area (Å²) in [5.74, 6) is 0.0335. The standard InChI is InChI=1S/C31H41N3O6/c35-22-26-20-25(12-15-29(26)36)30(37)21-32-16-6-1-2-7-17-39-18-19-40-23-24-10-13-28(14-11-24)34-31(38)33-27-8-4-3-5-9-27/h3-5,8-15,20,30,32,35-37H,1-2,6-7,16-19,21-23H2,(H2,33,34,38)/t30-/m1/s1. The summed E-state index contributed by atoms with van der Waals surface area (Å²) in [6.45, 7) is 3.23. The van der Waals surface area contributed by atoms with Crippen molar-refractivity contribution in [3.05, 3.63) is 89.5 Å². The van der Waals surface area contributed by atoms with Gasteiger partial charge in [0.15, 0.2) is 0 Å². The Morgan fingerprint density at radius 1 is 0.800 bits per heavy atom. The van der Waals surface area contributed by atoms with E-state index in [1.54, 1.807) is 12.1 Å². The van der Waals surface area contributed by atoms with Gasteiger partial charge in [-0.1, -0.05) is 49.2 Å². The SMILES string of the molecule is O=C(Nc1ccccc1)Nc1ccc(COCCOCCCCCCNC[C@@H](O)c2ccc(O)c(CO)c2)cc1. The molecular formula is C31H41N3O6. The Kier molecular flexibility index (Phi) is 14.0. The second-order valence-corrected chi connectivity index (χ2v) is 9.49. The molecule has 0 saturated heterocycles. The largest absolute Gasteiger partial charge is 0.508 e. The van der Waals surface area contributed by atoms with Crippen LogP contribution in [0.4, 0.5) is 16.2 Å². The Hall–Kier alpha value is -3.47. The highest BCUT2D eigenvalue weighted by Gasteiger charge is 2.10. The zero-order valence-corrected chi connectivity index (χ0v) is 22.9. The molecule has 0 aliphatic carbocycles. The smallest absolute Gasteiger partial charge is 0.323 e. The molecule has 40 heavy (non-hydrogen) atoms. The normalized spacial score (nSPS) is 11.8. The van der Waals surface area contributed by atoms with Gasteiger partial charge in [-0.3, -0.25) is 0 Å². The fourth-order valence-corrected chi connectivity index (χ4v) is 4.01. The quantitative estimate of drug-likeness (QED) is 0.123. The molecule has 6 N–H and O–H groups in total. The number of unbranched alkanes of at least 4 members (excludes halogenated alkanes) is 3. The number of hydrogen-bond acceptors (Lipinski definition) is 7. The second kappa shape index (κ2) is 18.0. The maximum atomic E-state index is 12.1. The maximum Gasteiger partial charge on any atom is 0.323 e. The topological polar surface area (TPSA) is 132 Å². The van der Waals surface area contributed by atoms with Crippen LogP contribution in [0, 0.1) is 0 Å². The van der Waals surface area contributed by atoms with Gasteiger partial charge in [0, 0.05) is 30.1 Å². The Labute approximate surface area is 236 Å². The average molecular weight is 552 g/mol. The third-order valence-corrected chi connectivity index (χ3v) is 6.27. The molecule has 9 nitrogen and oxygen atoms in total. The van der Waals surface area contributed by atoms with Crippen LogP contribution in [0.25, 0.3) is 0 Å². The van der Waals surface area contributed by atoms with Crippen LogP contribution in [0.3, 0.4) is 0 Å². The number of aliphatic hydroxyl groups is 2. The van der Waals surface area contributed by atoms with E-state index >= 15 is 0 Å². The predicted octanol–water partition coefficient (Wildman–Crippen LogP) is 4.95. The van der Waals surface area contributed by atoms with Crippen molar-refractivity contribution in [3.63, 3.8) is 0 Å². The monoisotopic (exact) mass is 551 g/mol. The number of rotatable bonds is 18. The number of para-hydroxylation sites is 1. The molecule has 3 rings (SSSR count). The zero-order chi connectivity index (χ0) is 28.4. The number of amides is 2. The summed E-state index contributed by atoms with van der Waals surface area (Å²) in [6.07, 6.45) is 3.48. The van der Waals surface area contributed by atoms with E-state index in [0.29, 0.717) is 49.8 Å². The molecule has 0 fully saturated rings. The zero-order valence-electron chi connectivity index (χ0n) is 22.9. The molecule has 9 heteroatoms. The highest BCUT2D eigenvalue weighted by molar-refractivity contribution is 5.99. The molecule has 0 heterocycles. The molecule has 0 aromatic heterocycles. The Bertz CT molecular complexity index is 1130. The minimum atomic E-state index is -0.684.